The molecule has 1 aromatic heterocycles. The van der Waals surface area contributed by atoms with Crippen LogP contribution in [0.2, 0.25) is 0 Å². The van der Waals surface area contributed by atoms with Crippen LogP contribution in [0, 0.1) is 5.92 Å². The summed E-state index contributed by atoms with van der Waals surface area (Å²) in [6, 6.07) is 19.3. The van der Waals surface area contributed by atoms with Crippen molar-refractivity contribution in [2.45, 2.75) is 25.5 Å². The van der Waals surface area contributed by atoms with Gasteiger partial charge in [-0.1, -0.05) is 60.7 Å². The Morgan fingerprint density at radius 1 is 1.04 bits per heavy atom. The first-order chi connectivity index (χ1) is 13.7. The van der Waals surface area contributed by atoms with Crippen LogP contribution in [0.25, 0.3) is 11.4 Å². The third-order valence-electron chi connectivity index (χ3n) is 5.24. The lowest BCUT2D eigenvalue weighted by molar-refractivity contribution is -0.134. The molecule has 4 rings (SSSR count). The number of aromatic nitrogens is 4. The van der Waals surface area contributed by atoms with E-state index in [1.807, 2.05) is 65.6 Å². The van der Waals surface area contributed by atoms with Crippen molar-refractivity contribution in [2.75, 3.05) is 13.1 Å². The Balaban J connectivity index is 1.32. The van der Waals surface area contributed by atoms with Crippen molar-refractivity contribution >= 4 is 5.91 Å². The zero-order valence-corrected chi connectivity index (χ0v) is 15.6. The number of benzene rings is 2. The summed E-state index contributed by atoms with van der Waals surface area (Å²) in [6.45, 7) is 1.34. The fraction of sp³-hybridized carbons (Fsp3) is 0.333. The van der Waals surface area contributed by atoms with Gasteiger partial charge in [-0.15, -0.1) is 10.2 Å². The number of tetrazole rings is 1. The van der Waals surface area contributed by atoms with E-state index >= 15 is 0 Å². The normalized spacial score (nSPS) is 16.1. The van der Waals surface area contributed by atoms with Gasteiger partial charge in [-0.05, 0) is 29.5 Å². The van der Waals surface area contributed by atoms with E-state index < -0.39 is 6.10 Å². The molecule has 1 aliphatic rings. The molecule has 1 fully saturated rings. The monoisotopic (exact) mass is 377 g/mol. The van der Waals surface area contributed by atoms with Gasteiger partial charge in [0, 0.05) is 18.7 Å². The van der Waals surface area contributed by atoms with Crippen molar-refractivity contribution in [1.82, 2.24) is 25.1 Å². The van der Waals surface area contributed by atoms with Gasteiger partial charge < -0.3 is 10.0 Å². The number of hydrogen-bond acceptors (Lipinski definition) is 5. The number of aliphatic hydroxyl groups excluding tert-OH is 1. The van der Waals surface area contributed by atoms with E-state index in [1.165, 1.54) is 4.80 Å². The summed E-state index contributed by atoms with van der Waals surface area (Å²) in [5.41, 5.74) is 1.81. The number of carbonyl (C=O) groups excluding carboxylic acids is 1. The van der Waals surface area contributed by atoms with Crippen LogP contribution in [-0.4, -0.2) is 49.2 Å². The van der Waals surface area contributed by atoms with E-state index in [-0.39, 0.29) is 18.4 Å². The van der Waals surface area contributed by atoms with Crippen molar-refractivity contribution < 1.29 is 9.90 Å². The zero-order valence-electron chi connectivity index (χ0n) is 15.6. The standard InChI is InChI=1S/C21H23N5O2/c27-19(15-26-23-21(22-24-26)18-9-5-2-6-10-18)25-13-11-17(12-14-25)20(28)16-7-3-1-4-8-16/h1-10,17,20,28H,11-15H2. The molecule has 7 nitrogen and oxygen atoms in total. The molecule has 1 amide bonds. The molecule has 0 bridgehead atoms. The summed E-state index contributed by atoms with van der Waals surface area (Å²) < 4.78 is 0. The Kier molecular flexibility index (Phi) is 5.43. The Labute approximate surface area is 163 Å². The van der Waals surface area contributed by atoms with Gasteiger partial charge in [0.1, 0.15) is 6.54 Å². The molecule has 2 heterocycles. The number of rotatable bonds is 5. The largest absolute Gasteiger partial charge is 0.388 e. The fourth-order valence-electron chi connectivity index (χ4n) is 3.62. The molecule has 1 N–H and O–H groups in total. The highest BCUT2D eigenvalue weighted by Crippen LogP contribution is 2.30. The highest BCUT2D eigenvalue weighted by atomic mass is 16.3. The van der Waals surface area contributed by atoms with Gasteiger partial charge in [0.05, 0.1) is 6.10 Å². The Hall–Kier alpha value is -3.06. The summed E-state index contributed by atoms with van der Waals surface area (Å²) in [5.74, 6) is 0.656. The van der Waals surface area contributed by atoms with Gasteiger partial charge in [0.25, 0.3) is 0 Å². The van der Waals surface area contributed by atoms with E-state index in [2.05, 4.69) is 15.4 Å². The first-order valence-electron chi connectivity index (χ1n) is 9.55. The summed E-state index contributed by atoms with van der Waals surface area (Å²) in [5, 5.41) is 22.9. The van der Waals surface area contributed by atoms with Gasteiger partial charge in [-0.2, -0.15) is 4.80 Å². The summed E-state index contributed by atoms with van der Waals surface area (Å²) in [4.78, 5) is 15.8. The van der Waals surface area contributed by atoms with Crippen LogP contribution < -0.4 is 0 Å². The third-order valence-corrected chi connectivity index (χ3v) is 5.24. The average molecular weight is 377 g/mol. The molecule has 0 aliphatic carbocycles. The molecule has 1 unspecified atom stereocenters. The van der Waals surface area contributed by atoms with E-state index in [9.17, 15) is 9.90 Å². The third kappa shape index (κ3) is 4.09. The van der Waals surface area contributed by atoms with Crippen LogP contribution in [0.15, 0.2) is 60.7 Å². The maximum Gasteiger partial charge on any atom is 0.246 e. The highest BCUT2D eigenvalue weighted by Gasteiger charge is 2.28. The molecule has 0 saturated carbocycles. The Morgan fingerprint density at radius 3 is 2.36 bits per heavy atom. The number of hydrogen-bond donors (Lipinski definition) is 1. The first-order valence-corrected chi connectivity index (χ1v) is 9.55. The van der Waals surface area contributed by atoms with Crippen LogP contribution >= 0.6 is 0 Å². The molecule has 0 spiro atoms. The summed E-state index contributed by atoms with van der Waals surface area (Å²) >= 11 is 0. The minimum atomic E-state index is -0.483. The van der Waals surface area contributed by atoms with Crippen LogP contribution in [0.4, 0.5) is 0 Å². The first kappa shape index (κ1) is 18.3. The lowest BCUT2D eigenvalue weighted by atomic mass is 9.87. The summed E-state index contributed by atoms with van der Waals surface area (Å²) in [6.07, 6.45) is 1.08. The van der Waals surface area contributed by atoms with E-state index in [0.717, 1.165) is 24.0 Å². The molecule has 1 aliphatic heterocycles. The van der Waals surface area contributed by atoms with Crippen molar-refractivity contribution in [3.05, 3.63) is 66.2 Å². The predicted octanol–water partition coefficient (Wildman–Crippen LogP) is 2.31. The van der Waals surface area contributed by atoms with Crippen molar-refractivity contribution in [3.63, 3.8) is 0 Å². The van der Waals surface area contributed by atoms with Gasteiger partial charge in [-0.3, -0.25) is 4.79 Å². The van der Waals surface area contributed by atoms with Crippen LogP contribution in [0.3, 0.4) is 0 Å². The highest BCUT2D eigenvalue weighted by molar-refractivity contribution is 5.75. The lowest BCUT2D eigenvalue weighted by Gasteiger charge is -2.34. The molecule has 1 saturated heterocycles. The van der Waals surface area contributed by atoms with E-state index in [4.69, 9.17) is 0 Å². The van der Waals surface area contributed by atoms with E-state index in [1.54, 1.807) is 0 Å². The minimum Gasteiger partial charge on any atom is -0.388 e. The molecular weight excluding hydrogens is 354 g/mol. The smallest absolute Gasteiger partial charge is 0.246 e. The quantitative estimate of drug-likeness (QED) is 0.738. The molecule has 28 heavy (non-hydrogen) atoms. The van der Waals surface area contributed by atoms with Crippen LogP contribution in [0.5, 0.6) is 0 Å². The number of carbonyl (C=O) groups is 1. The van der Waals surface area contributed by atoms with Crippen LogP contribution in [-0.2, 0) is 11.3 Å². The molecule has 0 radical (unpaired) electrons. The van der Waals surface area contributed by atoms with Crippen molar-refractivity contribution in [3.8, 4) is 11.4 Å². The average Bonchev–Trinajstić information content (AvgIpc) is 3.23. The number of aliphatic hydroxyl groups is 1. The molecule has 7 heteroatoms. The maximum atomic E-state index is 12.6. The number of piperidine rings is 1. The zero-order chi connectivity index (χ0) is 19.3. The maximum absolute atomic E-state index is 12.6. The van der Waals surface area contributed by atoms with Gasteiger partial charge in [0.15, 0.2) is 0 Å². The SMILES string of the molecule is O=C(Cn1nnc(-c2ccccc2)n1)N1CCC(C(O)c2ccccc2)CC1. The second-order valence-corrected chi connectivity index (χ2v) is 7.08. The molecule has 2 aromatic carbocycles. The fourth-order valence-corrected chi connectivity index (χ4v) is 3.62. The van der Waals surface area contributed by atoms with Gasteiger partial charge >= 0.3 is 0 Å². The number of amides is 1. The Morgan fingerprint density at radius 2 is 1.68 bits per heavy atom. The van der Waals surface area contributed by atoms with Gasteiger partial charge in [-0.25, -0.2) is 0 Å². The van der Waals surface area contributed by atoms with E-state index in [0.29, 0.717) is 18.9 Å². The second kappa shape index (κ2) is 8.31. The van der Waals surface area contributed by atoms with Crippen LogP contribution in [0.1, 0.15) is 24.5 Å². The molecule has 144 valence electrons. The topological polar surface area (TPSA) is 84.1 Å². The lowest BCUT2D eigenvalue weighted by Crippen LogP contribution is -2.41. The predicted molar refractivity (Wildman–Crippen MR) is 104 cm³/mol. The van der Waals surface area contributed by atoms with Crippen molar-refractivity contribution in [2.24, 2.45) is 5.92 Å². The van der Waals surface area contributed by atoms with Gasteiger partial charge in [0.2, 0.25) is 11.7 Å². The Bertz CT molecular complexity index is 905. The number of nitrogens with zero attached hydrogens (tertiary/aromatic N) is 5. The van der Waals surface area contributed by atoms with Crippen molar-refractivity contribution in [1.29, 1.82) is 0 Å². The minimum absolute atomic E-state index is 0.0235. The summed E-state index contributed by atoms with van der Waals surface area (Å²) in [7, 11) is 0. The number of likely N-dealkylation sites (tertiary alicyclic amines) is 1. The molecule has 1 atom stereocenters. The molecular formula is C21H23N5O2. The second-order valence-electron chi connectivity index (χ2n) is 7.08. The molecule has 3 aromatic rings.